The number of thiophene rings is 1. The van der Waals surface area contributed by atoms with Gasteiger partial charge in [-0.3, -0.25) is 24.3 Å². The molecule has 0 unspecified atom stereocenters. The van der Waals surface area contributed by atoms with E-state index in [0.717, 1.165) is 0 Å². The van der Waals surface area contributed by atoms with Crippen molar-refractivity contribution in [2.45, 2.75) is 19.9 Å². The third-order valence-corrected chi connectivity index (χ3v) is 4.78. The summed E-state index contributed by atoms with van der Waals surface area (Å²) in [5, 5.41) is 13.1. The molecule has 0 bridgehead atoms. The van der Waals surface area contributed by atoms with Gasteiger partial charge in [0.05, 0.1) is 22.7 Å². The van der Waals surface area contributed by atoms with Crippen molar-refractivity contribution in [3.05, 3.63) is 56.4 Å². The van der Waals surface area contributed by atoms with E-state index in [0.29, 0.717) is 21.3 Å². The fourth-order valence-electron chi connectivity index (χ4n) is 2.42. The van der Waals surface area contributed by atoms with Gasteiger partial charge >= 0.3 is 0 Å². The Morgan fingerprint density at radius 2 is 2.17 bits per heavy atom. The lowest BCUT2D eigenvalue weighted by Gasteiger charge is -2.11. The van der Waals surface area contributed by atoms with Gasteiger partial charge in [-0.2, -0.15) is 0 Å². The summed E-state index contributed by atoms with van der Waals surface area (Å²) in [5.74, 6) is -0.148. The van der Waals surface area contributed by atoms with Gasteiger partial charge in [-0.05, 0) is 19.4 Å². The summed E-state index contributed by atoms with van der Waals surface area (Å²) in [6.45, 7) is 3.05. The lowest BCUT2D eigenvalue weighted by molar-refractivity contribution is -0.384. The van der Waals surface area contributed by atoms with Crippen LogP contribution in [0.2, 0.25) is 0 Å². The molecule has 0 aliphatic heterocycles. The molecular formula is C16H13N3O4S. The molecular weight excluding hydrogens is 330 g/mol. The minimum atomic E-state index is -0.618. The number of benzene rings is 1. The number of ketones is 1. The summed E-state index contributed by atoms with van der Waals surface area (Å²) in [7, 11) is 0. The van der Waals surface area contributed by atoms with Crippen LogP contribution in [0.5, 0.6) is 0 Å². The molecule has 1 aromatic carbocycles. The van der Waals surface area contributed by atoms with Crippen molar-refractivity contribution in [3.8, 4) is 11.1 Å². The highest BCUT2D eigenvalue weighted by molar-refractivity contribution is 7.17. The largest absolute Gasteiger partial charge is 0.298 e. The van der Waals surface area contributed by atoms with Gasteiger partial charge in [0, 0.05) is 23.1 Å². The highest BCUT2D eigenvalue weighted by atomic mass is 32.1. The first-order valence-corrected chi connectivity index (χ1v) is 8.01. The van der Waals surface area contributed by atoms with Crippen LogP contribution in [0.4, 0.5) is 5.69 Å². The molecule has 0 aliphatic rings. The van der Waals surface area contributed by atoms with Crippen LogP contribution < -0.4 is 5.56 Å². The Balaban J connectivity index is 2.25. The normalized spacial score (nSPS) is 12.2. The number of non-ortho nitro benzene ring substituents is 1. The average molecular weight is 343 g/mol. The summed E-state index contributed by atoms with van der Waals surface area (Å²) in [4.78, 5) is 39.6. The zero-order chi connectivity index (χ0) is 17.4. The number of aromatic nitrogens is 2. The van der Waals surface area contributed by atoms with Crippen LogP contribution in [0, 0.1) is 10.1 Å². The minimum Gasteiger partial charge on any atom is -0.298 e. The highest BCUT2D eigenvalue weighted by Crippen LogP contribution is 2.32. The molecule has 0 spiro atoms. The van der Waals surface area contributed by atoms with Crippen molar-refractivity contribution < 1.29 is 9.72 Å². The predicted molar refractivity (Wildman–Crippen MR) is 91.4 cm³/mol. The first-order valence-electron chi connectivity index (χ1n) is 7.13. The maximum atomic E-state index is 12.8. The molecule has 8 heteroatoms. The molecule has 0 amide bonds. The predicted octanol–water partition coefficient (Wildman–Crippen LogP) is 3.18. The van der Waals surface area contributed by atoms with E-state index in [1.54, 1.807) is 24.4 Å². The zero-order valence-electron chi connectivity index (χ0n) is 12.9. The number of nitro benzene ring substituents is 1. The van der Waals surface area contributed by atoms with Crippen LogP contribution in [0.25, 0.3) is 21.3 Å². The molecule has 0 N–H and O–H groups in total. The van der Waals surface area contributed by atoms with E-state index in [4.69, 9.17) is 0 Å². The molecule has 2 heterocycles. The number of rotatable bonds is 4. The van der Waals surface area contributed by atoms with Crippen molar-refractivity contribution >= 4 is 33.0 Å². The topological polar surface area (TPSA) is 95.1 Å². The van der Waals surface area contributed by atoms with Crippen LogP contribution >= 0.6 is 11.3 Å². The first-order chi connectivity index (χ1) is 11.4. The Hall–Kier alpha value is -2.87. The van der Waals surface area contributed by atoms with Crippen molar-refractivity contribution in [2.75, 3.05) is 0 Å². The molecule has 7 nitrogen and oxygen atoms in total. The maximum absolute atomic E-state index is 12.8. The molecule has 122 valence electrons. The number of Topliss-reactive ketones (excluding diaryl/α,β-unsaturated/α-hetero) is 1. The summed E-state index contributed by atoms with van der Waals surface area (Å²) in [6.07, 6.45) is 1.37. The van der Waals surface area contributed by atoms with Crippen molar-refractivity contribution in [3.63, 3.8) is 0 Å². The standard InChI is InChI=1S/C16H13N3O4S/c1-9(10(2)20)18-8-17-15-14(16(18)21)13(7-24-15)11-4-3-5-12(6-11)19(22)23/h3-9H,1-2H3/t9-/m1/s1. The van der Waals surface area contributed by atoms with Crippen molar-refractivity contribution in [1.29, 1.82) is 0 Å². The Bertz CT molecular complexity index is 1020. The van der Waals surface area contributed by atoms with Gasteiger partial charge in [0.1, 0.15) is 4.83 Å². The Morgan fingerprint density at radius 3 is 2.83 bits per heavy atom. The molecule has 2 aromatic heterocycles. The van der Waals surface area contributed by atoms with E-state index in [1.165, 1.54) is 41.3 Å². The molecule has 1 atom stereocenters. The molecule has 3 aromatic rings. The Kier molecular flexibility index (Phi) is 3.98. The van der Waals surface area contributed by atoms with Gasteiger partial charge < -0.3 is 0 Å². The monoisotopic (exact) mass is 343 g/mol. The maximum Gasteiger partial charge on any atom is 0.270 e. The fourth-order valence-corrected chi connectivity index (χ4v) is 3.32. The van der Waals surface area contributed by atoms with E-state index in [1.807, 2.05) is 0 Å². The molecule has 0 radical (unpaired) electrons. The van der Waals surface area contributed by atoms with Gasteiger partial charge in [0.2, 0.25) is 0 Å². The SMILES string of the molecule is CC(=O)[C@@H](C)n1cnc2scc(-c3cccc([N+](=O)[O-])c3)c2c1=O. The van der Waals surface area contributed by atoms with Crippen molar-refractivity contribution in [2.24, 2.45) is 0 Å². The molecule has 0 saturated carbocycles. The number of hydrogen-bond acceptors (Lipinski definition) is 6. The molecule has 0 fully saturated rings. The lowest BCUT2D eigenvalue weighted by Crippen LogP contribution is -2.27. The van der Waals surface area contributed by atoms with Crippen LogP contribution in [0.3, 0.4) is 0 Å². The average Bonchev–Trinajstić information content (AvgIpc) is 2.99. The van der Waals surface area contributed by atoms with Gasteiger partial charge in [-0.25, -0.2) is 4.98 Å². The molecule has 0 saturated heterocycles. The smallest absolute Gasteiger partial charge is 0.270 e. The summed E-state index contributed by atoms with van der Waals surface area (Å²) in [5.41, 5.74) is 0.780. The van der Waals surface area contributed by atoms with Crippen LogP contribution in [-0.2, 0) is 4.79 Å². The van der Waals surface area contributed by atoms with E-state index >= 15 is 0 Å². The molecule has 24 heavy (non-hydrogen) atoms. The number of carbonyl (C=O) groups is 1. The number of carbonyl (C=O) groups excluding carboxylic acids is 1. The number of nitro groups is 1. The van der Waals surface area contributed by atoms with E-state index in [9.17, 15) is 19.7 Å². The first kappa shape index (κ1) is 16.0. The highest BCUT2D eigenvalue weighted by Gasteiger charge is 2.18. The van der Waals surface area contributed by atoms with E-state index < -0.39 is 11.0 Å². The van der Waals surface area contributed by atoms with Crippen molar-refractivity contribution in [1.82, 2.24) is 9.55 Å². The summed E-state index contributed by atoms with van der Waals surface area (Å²) >= 11 is 1.29. The summed E-state index contributed by atoms with van der Waals surface area (Å²) < 4.78 is 1.29. The van der Waals surface area contributed by atoms with Crippen LogP contribution in [0.15, 0.2) is 40.8 Å². The second-order valence-electron chi connectivity index (χ2n) is 5.38. The number of nitrogens with zero attached hydrogens (tertiary/aromatic N) is 3. The number of hydrogen-bond donors (Lipinski definition) is 0. The van der Waals surface area contributed by atoms with Crippen LogP contribution in [0.1, 0.15) is 19.9 Å². The number of fused-ring (bicyclic) bond motifs is 1. The minimum absolute atomic E-state index is 0.0480. The van der Waals surface area contributed by atoms with E-state index in [-0.39, 0.29) is 17.0 Å². The Labute approximate surface area is 140 Å². The quantitative estimate of drug-likeness (QED) is 0.535. The summed E-state index contributed by atoms with van der Waals surface area (Å²) in [6, 6.07) is 5.48. The molecule has 0 aliphatic carbocycles. The van der Waals surface area contributed by atoms with Crippen LogP contribution in [-0.4, -0.2) is 20.3 Å². The molecule has 3 rings (SSSR count). The van der Waals surface area contributed by atoms with Gasteiger partial charge in [0.25, 0.3) is 11.2 Å². The fraction of sp³-hybridized carbons (Fsp3) is 0.188. The van der Waals surface area contributed by atoms with Gasteiger partial charge in [-0.1, -0.05) is 12.1 Å². The lowest BCUT2D eigenvalue weighted by atomic mass is 10.1. The zero-order valence-corrected chi connectivity index (χ0v) is 13.7. The van der Waals surface area contributed by atoms with Gasteiger partial charge in [0.15, 0.2) is 5.78 Å². The third-order valence-electron chi connectivity index (χ3n) is 3.89. The van der Waals surface area contributed by atoms with Gasteiger partial charge in [-0.15, -0.1) is 11.3 Å². The Morgan fingerprint density at radius 1 is 1.42 bits per heavy atom. The van der Waals surface area contributed by atoms with E-state index in [2.05, 4.69) is 4.98 Å². The second-order valence-corrected chi connectivity index (χ2v) is 6.24. The third kappa shape index (κ3) is 2.61. The second kappa shape index (κ2) is 5.97.